The van der Waals surface area contributed by atoms with Crippen LogP contribution in [0.15, 0.2) is 52.4 Å². The first-order chi connectivity index (χ1) is 12.5. The summed E-state index contributed by atoms with van der Waals surface area (Å²) in [6.07, 6.45) is 2.42. The van der Waals surface area contributed by atoms with Gasteiger partial charge in [0.1, 0.15) is 17.7 Å². The number of halogens is 1. The summed E-state index contributed by atoms with van der Waals surface area (Å²) in [6.45, 7) is 1.88. The highest BCUT2D eigenvalue weighted by Crippen LogP contribution is 2.05. The molecule has 0 aliphatic carbocycles. The number of aromatic amines is 1. The van der Waals surface area contributed by atoms with E-state index in [1.165, 1.54) is 18.5 Å². The molecule has 2 heterocycles. The van der Waals surface area contributed by atoms with Gasteiger partial charge in [0.05, 0.1) is 17.9 Å². The van der Waals surface area contributed by atoms with Crippen LogP contribution < -0.4 is 16.6 Å². The van der Waals surface area contributed by atoms with E-state index in [1.807, 2.05) is 0 Å². The standard InChI is InChI=1S/C17H14FN5O3/c1-10-6-12(22-9-21-10)7-19-15(24)14-8-20-17(26)23(16(14)25)13-4-2-11(18)3-5-13/h2-6,8-9H,7H2,1H3,(H,19,24)(H,20,26). The molecule has 0 aliphatic rings. The van der Waals surface area contributed by atoms with Crippen LogP contribution in [0.3, 0.4) is 0 Å². The lowest BCUT2D eigenvalue weighted by Gasteiger charge is -2.08. The van der Waals surface area contributed by atoms with Crippen molar-refractivity contribution in [3.63, 3.8) is 0 Å². The molecule has 26 heavy (non-hydrogen) atoms. The molecule has 2 aromatic heterocycles. The Morgan fingerprint density at radius 2 is 1.96 bits per heavy atom. The predicted octanol–water partition coefficient (Wildman–Crippen LogP) is 0.693. The molecule has 0 spiro atoms. The first-order valence-corrected chi connectivity index (χ1v) is 7.62. The van der Waals surface area contributed by atoms with E-state index in [1.54, 1.807) is 13.0 Å². The number of carbonyl (C=O) groups excluding carboxylic acids is 1. The van der Waals surface area contributed by atoms with Crippen LogP contribution in [0.4, 0.5) is 4.39 Å². The van der Waals surface area contributed by atoms with Gasteiger partial charge in [-0.1, -0.05) is 0 Å². The van der Waals surface area contributed by atoms with Crippen molar-refractivity contribution in [2.75, 3.05) is 0 Å². The minimum absolute atomic E-state index is 0.0946. The molecule has 0 saturated heterocycles. The van der Waals surface area contributed by atoms with Gasteiger partial charge in [-0.3, -0.25) is 9.59 Å². The quantitative estimate of drug-likeness (QED) is 0.716. The first kappa shape index (κ1) is 17.2. The molecule has 3 rings (SSSR count). The zero-order valence-electron chi connectivity index (χ0n) is 13.7. The molecule has 0 radical (unpaired) electrons. The third kappa shape index (κ3) is 3.56. The Morgan fingerprint density at radius 3 is 2.65 bits per heavy atom. The Kier molecular flexibility index (Phi) is 4.70. The number of hydrogen-bond donors (Lipinski definition) is 2. The molecule has 1 amide bonds. The van der Waals surface area contributed by atoms with Crippen molar-refractivity contribution in [1.29, 1.82) is 0 Å². The van der Waals surface area contributed by atoms with Gasteiger partial charge in [0, 0.05) is 11.9 Å². The van der Waals surface area contributed by atoms with Gasteiger partial charge in [-0.15, -0.1) is 0 Å². The van der Waals surface area contributed by atoms with Gasteiger partial charge >= 0.3 is 5.69 Å². The fourth-order valence-electron chi connectivity index (χ4n) is 2.33. The normalized spacial score (nSPS) is 10.5. The summed E-state index contributed by atoms with van der Waals surface area (Å²) in [6, 6.07) is 6.48. The van der Waals surface area contributed by atoms with Crippen molar-refractivity contribution in [2.45, 2.75) is 13.5 Å². The highest BCUT2D eigenvalue weighted by molar-refractivity contribution is 5.93. The Hall–Kier alpha value is -3.62. The van der Waals surface area contributed by atoms with Crippen molar-refractivity contribution in [3.8, 4) is 5.69 Å². The largest absolute Gasteiger partial charge is 0.346 e. The lowest BCUT2D eigenvalue weighted by Crippen LogP contribution is -2.39. The maximum atomic E-state index is 13.1. The highest BCUT2D eigenvalue weighted by atomic mass is 19.1. The van der Waals surface area contributed by atoms with Gasteiger partial charge in [0.25, 0.3) is 11.5 Å². The van der Waals surface area contributed by atoms with Crippen molar-refractivity contribution in [2.24, 2.45) is 0 Å². The van der Waals surface area contributed by atoms with E-state index in [9.17, 15) is 18.8 Å². The number of amides is 1. The fraction of sp³-hybridized carbons (Fsp3) is 0.118. The molecule has 3 aromatic rings. The second-order valence-corrected chi connectivity index (χ2v) is 5.46. The molecule has 9 heteroatoms. The highest BCUT2D eigenvalue weighted by Gasteiger charge is 2.16. The van der Waals surface area contributed by atoms with Gasteiger partial charge in [-0.05, 0) is 37.3 Å². The number of aryl methyl sites for hydroxylation is 1. The number of hydrogen-bond acceptors (Lipinski definition) is 5. The Bertz CT molecular complexity index is 1070. The molecule has 0 atom stereocenters. The fourth-order valence-corrected chi connectivity index (χ4v) is 2.33. The molecule has 2 N–H and O–H groups in total. The van der Waals surface area contributed by atoms with Crippen molar-refractivity contribution in [1.82, 2.24) is 24.8 Å². The second-order valence-electron chi connectivity index (χ2n) is 5.46. The lowest BCUT2D eigenvalue weighted by molar-refractivity contribution is 0.0948. The molecule has 0 unspecified atom stereocenters. The number of rotatable bonds is 4. The summed E-state index contributed by atoms with van der Waals surface area (Å²) in [5.41, 5.74) is -0.319. The predicted molar refractivity (Wildman–Crippen MR) is 90.6 cm³/mol. The van der Waals surface area contributed by atoms with Crippen LogP contribution in [0.25, 0.3) is 5.69 Å². The third-order valence-corrected chi connectivity index (χ3v) is 3.60. The summed E-state index contributed by atoms with van der Waals surface area (Å²) in [5, 5.41) is 2.57. The van der Waals surface area contributed by atoms with Gasteiger partial charge in [0.2, 0.25) is 0 Å². The van der Waals surface area contributed by atoms with E-state index in [2.05, 4.69) is 20.3 Å². The molecule has 1 aromatic carbocycles. The number of H-pyrrole nitrogens is 1. The van der Waals surface area contributed by atoms with Crippen LogP contribution >= 0.6 is 0 Å². The summed E-state index contributed by atoms with van der Waals surface area (Å²) >= 11 is 0. The monoisotopic (exact) mass is 355 g/mol. The number of nitrogens with one attached hydrogen (secondary N) is 2. The third-order valence-electron chi connectivity index (χ3n) is 3.60. The zero-order valence-corrected chi connectivity index (χ0v) is 13.7. The number of nitrogens with zero attached hydrogens (tertiary/aromatic N) is 3. The van der Waals surface area contributed by atoms with E-state index in [-0.39, 0.29) is 17.8 Å². The minimum atomic E-state index is -0.809. The van der Waals surface area contributed by atoms with Crippen molar-refractivity contribution >= 4 is 5.91 Å². The number of aromatic nitrogens is 4. The topological polar surface area (TPSA) is 110 Å². The Balaban J connectivity index is 1.89. The second kappa shape index (κ2) is 7.09. The lowest BCUT2D eigenvalue weighted by atomic mass is 10.2. The van der Waals surface area contributed by atoms with E-state index in [0.717, 1.165) is 28.6 Å². The smallest absolute Gasteiger partial charge is 0.333 e. The van der Waals surface area contributed by atoms with Crippen LogP contribution in [-0.4, -0.2) is 25.4 Å². The molecule has 8 nitrogen and oxygen atoms in total. The summed E-state index contributed by atoms with van der Waals surface area (Å²) in [7, 11) is 0. The van der Waals surface area contributed by atoms with Crippen LogP contribution in [0.1, 0.15) is 21.7 Å². The average Bonchev–Trinajstić information content (AvgIpc) is 2.61. The SMILES string of the molecule is Cc1cc(CNC(=O)c2c[nH]c(=O)n(-c3ccc(F)cc3)c2=O)ncn1. The van der Waals surface area contributed by atoms with Gasteiger partial charge in [-0.2, -0.15) is 0 Å². The van der Waals surface area contributed by atoms with Gasteiger partial charge in [-0.25, -0.2) is 23.7 Å². The van der Waals surface area contributed by atoms with Gasteiger partial charge in [0.15, 0.2) is 0 Å². The summed E-state index contributed by atoms with van der Waals surface area (Å²) < 4.78 is 13.8. The maximum Gasteiger partial charge on any atom is 0.333 e. The average molecular weight is 355 g/mol. The van der Waals surface area contributed by atoms with E-state index in [4.69, 9.17) is 0 Å². The Labute approximate surface area is 146 Å². The van der Waals surface area contributed by atoms with Crippen molar-refractivity contribution in [3.05, 3.63) is 86.5 Å². The van der Waals surface area contributed by atoms with Gasteiger partial charge < -0.3 is 10.3 Å². The molecule has 132 valence electrons. The minimum Gasteiger partial charge on any atom is -0.346 e. The van der Waals surface area contributed by atoms with E-state index in [0.29, 0.717) is 5.69 Å². The summed E-state index contributed by atoms with van der Waals surface area (Å²) in [4.78, 5) is 47.2. The summed E-state index contributed by atoms with van der Waals surface area (Å²) in [5.74, 6) is -1.18. The van der Waals surface area contributed by atoms with Crippen molar-refractivity contribution < 1.29 is 9.18 Å². The maximum absolute atomic E-state index is 13.1. The molecule has 0 fully saturated rings. The van der Waals surface area contributed by atoms with Crippen LogP contribution in [0.5, 0.6) is 0 Å². The number of carbonyl (C=O) groups is 1. The van der Waals surface area contributed by atoms with Crippen LogP contribution in [-0.2, 0) is 6.54 Å². The molecule has 0 saturated carbocycles. The molecule has 0 bridgehead atoms. The molecular formula is C17H14FN5O3. The van der Waals surface area contributed by atoms with E-state index >= 15 is 0 Å². The zero-order chi connectivity index (χ0) is 18.7. The Morgan fingerprint density at radius 1 is 1.23 bits per heavy atom. The first-order valence-electron chi connectivity index (χ1n) is 7.62. The van der Waals surface area contributed by atoms with Crippen LogP contribution in [0.2, 0.25) is 0 Å². The molecular weight excluding hydrogens is 341 g/mol. The van der Waals surface area contributed by atoms with E-state index < -0.39 is 23.0 Å². The molecule has 0 aliphatic heterocycles. The van der Waals surface area contributed by atoms with Crippen LogP contribution in [0, 0.1) is 12.7 Å². The number of benzene rings is 1.